The van der Waals surface area contributed by atoms with Crippen LogP contribution in [0, 0.1) is 6.92 Å². The van der Waals surface area contributed by atoms with E-state index in [1.54, 1.807) is 6.92 Å². The van der Waals surface area contributed by atoms with Crippen LogP contribution in [-0.2, 0) is 0 Å². The Kier molecular flexibility index (Phi) is 1.48. The number of nitrogens with zero attached hydrogens (tertiary/aromatic N) is 4. The molecule has 6 heteroatoms. The van der Waals surface area contributed by atoms with E-state index in [2.05, 4.69) is 15.2 Å². The first-order valence-electron chi connectivity index (χ1n) is 3.59. The average molecular weight is 178 g/mol. The molecule has 13 heavy (non-hydrogen) atoms. The molecule has 0 aromatic carbocycles. The van der Waals surface area contributed by atoms with E-state index < -0.39 is 5.97 Å². The van der Waals surface area contributed by atoms with Crippen LogP contribution in [0.2, 0.25) is 0 Å². The lowest BCUT2D eigenvalue weighted by molar-refractivity contribution is 0.0695. The summed E-state index contributed by atoms with van der Waals surface area (Å²) >= 11 is 0. The van der Waals surface area contributed by atoms with Crippen molar-refractivity contribution in [2.75, 3.05) is 0 Å². The number of rotatable bonds is 1. The number of aromatic nitrogens is 4. The molecule has 0 amide bonds. The van der Waals surface area contributed by atoms with Crippen molar-refractivity contribution in [1.29, 1.82) is 0 Å². The van der Waals surface area contributed by atoms with Gasteiger partial charge in [0.05, 0.1) is 5.56 Å². The first kappa shape index (κ1) is 7.66. The molecule has 2 heterocycles. The summed E-state index contributed by atoms with van der Waals surface area (Å²) in [6.45, 7) is 1.68. The predicted molar refractivity (Wildman–Crippen MR) is 42.5 cm³/mol. The summed E-state index contributed by atoms with van der Waals surface area (Å²) in [6.07, 6.45) is 2.71. The van der Waals surface area contributed by atoms with E-state index in [-0.39, 0.29) is 5.56 Å². The van der Waals surface area contributed by atoms with Gasteiger partial charge in [-0.1, -0.05) is 0 Å². The van der Waals surface area contributed by atoms with E-state index in [4.69, 9.17) is 5.11 Å². The second-order valence-electron chi connectivity index (χ2n) is 2.56. The van der Waals surface area contributed by atoms with Gasteiger partial charge in [-0.3, -0.25) is 4.40 Å². The number of carboxylic acid groups (broad SMARTS) is 1. The molecule has 2 rings (SSSR count). The van der Waals surface area contributed by atoms with Crippen LogP contribution in [0.4, 0.5) is 0 Å². The highest BCUT2D eigenvalue weighted by atomic mass is 16.4. The third-order valence-corrected chi connectivity index (χ3v) is 1.82. The van der Waals surface area contributed by atoms with Gasteiger partial charge in [0.25, 0.3) is 5.78 Å². The van der Waals surface area contributed by atoms with Gasteiger partial charge in [0.15, 0.2) is 0 Å². The Balaban J connectivity index is 2.80. The van der Waals surface area contributed by atoms with E-state index >= 15 is 0 Å². The summed E-state index contributed by atoms with van der Waals surface area (Å²) in [6, 6.07) is 0. The van der Waals surface area contributed by atoms with Crippen LogP contribution < -0.4 is 0 Å². The average Bonchev–Trinajstić information content (AvgIpc) is 2.52. The molecule has 0 fully saturated rings. The molecule has 2 aromatic rings. The lowest BCUT2D eigenvalue weighted by Gasteiger charge is -2.00. The van der Waals surface area contributed by atoms with Gasteiger partial charge in [0, 0.05) is 11.9 Å². The first-order valence-corrected chi connectivity index (χ1v) is 3.59. The maximum Gasteiger partial charge on any atom is 0.339 e. The van der Waals surface area contributed by atoms with Crippen LogP contribution >= 0.6 is 0 Å². The Morgan fingerprint density at radius 3 is 3.08 bits per heavy atom. The quantitative estimate of drug-likeness (QED) is 0.671. The summed E-state index contributed by atoms with van der Waals surface area (Å²) in [5.41, 5.74) is 0.731. The molecule has 66 valence electrons. The van der Waals surface area contributed by atoms with Gasteiger partial charge in [0.1, 0.15) is 6.33 Å². The predicted octanol–water partition coefficient (Wildman–Crippen LogP) is 0.131. The minimum absolute atomic E-state index is 0.160. The zero-order valence-corrected chi connectivity index (χ0v) is 6.80. The van der Waals surface area contributed by atoms with E-state index in [0.717, 1.165) is 0 Å². The Morgan fingerprint density at radius 1 is 1.62 bits per heavy atom. The van der Waals surface area contributed by atoms with Crippen LogP contribution in [0.3, 0.4) is 0 Å². The summed E-state index contributed by atoms with van der Waals surface area (Å²) in [5, 5.41) is 16.1. The molecule has 2 aromatic heterocycles. The fourth-order valence-corrected chi connectivity index (χ4v) is 1.11. The number of aryl methyl sites for hydroxylation is 1. The molecule has 6 nitrogen and oxygen atoms in total. The molecule has 0 spiro atoms. The first-order chi connectivity index (χ1) is 6.20. The highest BCUT2D eigenvalue weighted by molar-refractivity contribution is 5.88. The van der Waals surface area contributed by atoms with Gasteiger partial charge >= 0.3 is 5.97 Å². The molecular formula is C7H6N4O2. The SMILES string of the molecule is Cc1c(C(=O)O)cnc2nncn12. The second-order valence-corrected chi connectivity index (χ2v) is 2.56. The van der Waals surface area contributed by atoms with Gasteiger partial charge in [-0.25, -0.2) is 9.78 Å². The molecule has 0 radical (unpaired) electrons. The standard InChI is InChI=1S/C7H6N4O2/c1-4-5(6(12)13)2-8-7-10-9-3-11(4)7/h2-3H,1H3,(H,12,13). The molecule has 1 N–H and O–H groups in total. The van der Waals surface area contributed by atoms with Gasteiger partial charge in [-0.2, -0.15) is 0 Å². The Morgan fingerprint density at radius 2 is 2.38 bits per heavy atom. The van der Waals surface area contributed by atoms with E-state index in [1.165, 1.54) is 16.9 Å². The van der Waals surface area contributed by atoms with E-state index in [1.807, 2.05) is 0 Å². The molecule has 0 aliphatic rings. The van der Waals surface area contributed by atoms with Crippen molar-refractivity contribution >= 4 is 11.7 Å². The number of hydrogen-bond donors (Lipinski definition) is 1. The Labute approximate surface area is 72.9 Å². The maximum atomic E-state index is 10.7. The second kappa shape index (κ2) is 2.51. The van der Waals surface area contributed by atoms with Crippen LogP contribution in [0.15, 0.2) is 12.5 Å². The molecule has 0 aliphatic carbocycles. The third kappa shape index (κ3) is 1.03. The molecule has 0 atom stereocenters. The van der Waals surface area contributed by atoms with Crippen molar-refractivity contribution in [3.8, 4) is 0 Å². The number of carboxylic acids is 1. The lowest BCUT2D eigenvalue weighted by atomic mass is 10.2. The minimum Gasteiger partial charge on any atom is -0.478 e. The molecule has 0 unspecified atom stereocenters. The zero-order valence-electron chi connectivity index (χ0n) is 6.80. The van der Waals surface area contributed by atoms with E-state index in [9.17, 15) is 4.79 Å². The van der Waals surface area contributed by atoms with Gasteiger partial charge in [-0.05, 0) is 6.92 Å². The largest absolute Gasteiger partial charge is 0.478 e. The summed E-state index contributed by atoms with van der Waals surface area (Å²) in [4.78, 5) is 14.5. The van der Waals surface area contributed by atoms with Crippen molar-refractivity contribution in [3.63, 3.8) is 0 Å². The normalized spacial score (nSPS) is 10.5. The zero-order chi connectivity index (χ0) is 9.42. The number of aromatic carboxylic acids is 1. The molecule has 0 saturated carbocycles. The smallest absolute Gasteiger partial charge is 0.339 e. The molecule has 0 saturated heterocycles. The van der Waals surface area contributed by atoms with Crippen molar-refractivity contribution in [2.24, 2.45) is 0 Å². The van der Waals surface area contributed by atoms with Crippen molar-refractivity contribution in [2.45, 2.75) is 6.92 Å². The fourth-order valence-electron chi connectivity index (χ4n) is 1.11. The monoisotopic (exact) mass is 178 g/mol. The van der Waals surface area contributed by atoms with Gasteiger partial charge in [-0.15, -0.1) is 10.2 Å². The summed E-state index contributed by atoms with van der Waals surface area (Å²) in [7, 11) is 0. The summed E-state index contributed by atoms with van der Waals surface area (Å²) in [5.74, 6) is -0.594. The van der Waals surface area contributed by atoms with Gasteiger partial charge < -0.3 is 5.11 Å². The van der Waals surface area contributed by atoms with E-state index in [0.29, 0.717) is 11.5 Å². The Bertz CT molecular complexity index is 476. The van der Waals surface area contributed by atoms with Crippen molar-refractivity contribution in [3.05, 3.63) is 23.8 Å². The van der Waals surface area contributed by atoms with Gasteiger partial charge in [0.2, 0.25) is 0 Å². The van der Waals surface area contributed by atoms with Crippen LogP contribution in [0.25, 0.3) is 5.78 Å². The van der Waals surface area contributed by atoms with Crippen LogP contribution in [0.5, 0.6) is 0 Å². The lowest BCUT2D eigenvalue weighted by Crippen LogP contribution is -2.05. The van der Waals surface area contributed by atoms with Crippen molar-refractivity contribution in [1.82, 2.24) is 19.6 Å². The fraction of sp³-hybridized carbons (Fsp3) is 0.143. The maximum absolute atomic E-state index is 10.7. The molecular weight excluding hydrogens is 172 g/mol. The summed E-state index contributed by atoms with van der Waals surface area (Å²) < 4.78 is 1.53. The minimum atomic E-state index is -0.999. The highest BCUT2D eigenvalue weighted by Crippen LogP contribution is 2.07. The number of hydrogen-bond acceptors (Lipinski definition) is 4. The van der Waals surface area contributed by atoms with Crippen LogP contribution in [0.1, 0.15) is 16.1 Å². The topological polar surface area (TPSA) is 80.4 Å². The number of carbonyl (C=O) groups is 1. The number of fused-ring (bicyclic) bond motifs is 1. The van der Waals surface area contributed by atoms with Crippen molar-refractivity contribution < 1.29 is 9.90 Å². The highest BCUT2D eigenvalue weighted by Gasteiger charge is 2.10. The molecule has 0 bridgehead atoms. The molecule has 0 aliphatic heterocycles. The Hall–Kier alpha value is -1.98. The van der Waals surface area contributed by atoms with Crippen LogP contribution in [-0.4, -0.2) is 30.7 Å². The third-order valence-electron chi connectivity index (χ3n) is 1.82.